The molecule has 0 N–H and O–H groups in total. The van der Waals surface area contributed by atoms with E-state index >= 15 is 0 Å². The summed E-state index contributed by atoms with van der Waals surface area (Å²) in [5.74, 6) is 0.432. The van der Waals surface area contributed by atoms with E-state index in [0.717, 1.165) is 25.1 Å². The van der Waals surface area contributed by atoms with E-state index < -0.39 is 8.32 Å². The van der Waals surface area contributed by atoms with Crippen LogP contribution in [0.4, 0.5) is 0 Å². The highest BCUT2D eigenvalue weighted by Crippen LogP contribution is 2.56. The molecule has 0 amide bonds. The second kappa shape index (κ2) is 10.8. The van der Waals surface area contributed by atoms with E-state index in [4.69, 9.17) is 9.41 Å². The third kappa shape index (κ3) is 4.98. The van der Waals surface area contributed by atoms with Gasteiger partial charge in [0.15, 0.2) is 0 Å². The normalized spacial score (nSPS) is 19.7. The molecule has 2 unspecified atom stereocenters. The number of hydrogen-bond donors (Lipinski definition) is 0. The minimum Gasteiger partial charge on any atom is -0.407 e. The molecule has 1 aromatic heterocycles. The third-order valence-corrected chi connectivity index (χ3v) is 14.4. The first-order valence-corrected chi connectivity index (χ1v) is 16.5. The second-order valence-corrected chi connectivity index (χ2v) is 16.9. The fourth-order valence-corrected chi connectivity index (χ4v) is 11.5. The highest BCUT2D eigenvalue weighted by Gasteiger charge is 2.56. The van der Waals surface area contributed by atoms with Gasteiger partial charge in [0.05, 0.1) is 10.7 Å². The highest BCUT2D eigenvalue weighted by atomic mass is 32.1. The van der Waals surface area contributed by atoms with Gasteiger partial charge in [-0.3, -0.25) is 0 Å². The summed E-state index contributed by atoms with van der Waals surface area (Å²) in [4.78, 5) is 6.03. The number of aromatic nitrogens is 1. The zero-order chi connectivity index (χ0) is 26.8. The summed E-state index contributed by atoms with van der Waals surface area (Å²) >= 11 is 1.82. The van der Waals surface area contributed by atoms with E-state index in [9.17, 15) is 0 Å². The lowest BCUT2D eigenvalue weighted by atomic mass is 9.92. The summed E-state index contributed by atoms with van der Waals surface area (Å²) in [5.41, 5.74) is 2.51. The van der Waals surface area contributed by atoms with Gasteiger partial charge in [-0.15, -0.1) is 11.3 Å². The summed E-state index contributed by atoms with van der Waals surface area (Å²) in [6, 6.07) is 33.0. The van der Waals surface area contributed by atoms with Crippen LogP contribution in [-0.4, -0.2) is 19.9 Å². The number of allylic oxidation sites excluding steroid dienone is 1. The van der Waals surface area contributed by atoms with Crippen LogP contribution < -0.4 is 10.4 Å². The number of benzene rings is 3. The third-order valence-electron chi connectivity index (χ3n) is 8.09. The van der Waals surface area contributed by atoms with Gasteiger partial charge in [-0.2, -0.15) is 0 Å². The van der Waals surface area contributed by atoms with Crippen molar-refractivity contribution >= 4 is 36.1 Å². The molecule has 0 aliphatic heterocycles. The lowest BCUT2D eigenvalue weighted by Gasteiger charge is -2.43. The van der Waals surface area contributed by atoms with Crippen molar-refractivity contribution in [2.75, 3.05) is 6.61 Å². The predicted molar refractivity (Wildman–Crippen MR) is 165 cm³/mol. The fraction of sp³-hybridized carbons (Fsp3) is 0.324. The van der Waals surface area contributed by atoms with Gasteiger partial charge in [0, 0.05) is 16.9 Å². The molecule has 2 atom stereocenters. The molecule has 0 bridgehead atoms. The Morgan fingerprint density at radius 3 is 1.97 bits per heavy atom. The summed E-state index contributed by atoms with van der Waals surface area (Å²) < 4.78 is 7.36. The zero-order valence-electron chi connectivity index (χ0n) is 23.3. The molecule has 5 rings (SSSR count). The molecular formula is C34H39NOSSi. The summed E-state index contributed by atoms with van der Waals surface area (Å²) in [7, 11) is -2.57. The van der Waals surface area contributed by atoms with Gasteiger partial charge >= 0.3 is 0 Å². The number of hydrogen-bond acceptors (Lipinski definition) is 3. The van der Waals surface area contributed by atoms with Crippen LogP contribution >= 0.6 is 11.3 Å². The van der Waals surface area contributed by atoms with Crippen LogP contribution in [-0.2, 0) is 16.3 Å². The van der Waals surface area contributed by atoms with Gasteiger partial charge < -0.3 is 4.43 Å². The molecule has 1 heterocycles. The Morgan fingerprint density at radius 1 is 0.921 bits per heavy atom. The lowest BCUT2D eigenvalue weighted by Crippen LogP contribution is -2.66. The van der Waals surface area contributed by atoms with Gasteiger partial charge in [0.1, 0.15) is 0 Å². The second-order valence-electron chi connectivity index (χ2n) is 11.5. The highest BCUT2D eigenvalue weighted by molar-refractivity contribution is 7.12. The largest absolute Gasteiger partial charge is 0.407 e. The molecule has 0 spiro atoms. The predicted octanol–water partition coefficient (Wildman–Crippen LogP) is 7.56. The van der Waals surface area contributed by atoms with Crippen LogP contribution in [0.5, 0.6) is 0 Å². The van der Waals surface area contributed by atoms with Crippen molar-refractivity contribution in [3.8, 4) is 0 Å². The first kappa shape index (κ1) is 26.8. The smallest absolute Gasteiger partial charge is 0.261 e. The minimum absolute atomic E-state index is 0.00450. The van der Waals surface area contributed by atoms with E-state index in [-0.39, 0.29) is 10.5 Å². The molecule has 4 heteroatoms. The monoisotopic (exact) mass is 537 g/mol. The van der Waals surface area contributed by atoms with Crippen molar-refractivity contribution in [1.29, 1.82) is 0 Å². The van der Waals surface area contributed by atoms with Crippen molar-refractivity contribution in [3.63, 3.8) is 0 Å². The molecule has 1 fully saturated rings. The van der Waals surface area contributed by atoms with Crippen molar-refractivity contribution in [2.45, 2.75) is 57.9 Å². The molecular weight excluding hydrogens is 499 g/mol. The minimum atomic E-state index is -2.57. The van der Waals surface area contributed by atoms with Crippen LogP contribution in [0.2, 0.25) is 5.04 Å². The molecule has 1 aliphatic carbocycles. The number of thiazole rings is 1. The molecule has 1 aliphatic rings. The van der Waals surface area contributed by atoms with Crippen LogP contribution in [0.25, 0.3) is 6.08 Å². The van der Waals surface area contributed by atoms with Gasteiger partial charge in [-0.1, -0.05) is 125 Å². The van der Waals surface area contributed by atoms with E-state index in [1.165, 1.54) is 25.8 Å². The van der Waals surface area contributed by atoms with E-state index in [2.05, 4.69) is 138 Å². The van der Waals surface area contributed by atoms with Gasteiger partial charge in [0.25, 0.3) is 8.32 Å². The Morgan fingerprint density at radius 2 is 1.47 bits per heavy atom. The maximum Gasteiger partial charge on any atom is 0.261 e. The first-order valence-electron chi connectivity index (χ1n) is 13.8. The van der Waals surface area contributed by atoms with Crippen LogP contribution in [0.3, 0.4) is 0 Å². The lowest BCUT2D eigenvalue weighted by molar-refractivity contribution is 0.274. The van der Waals surface area contributed by atoms with Gasteiger partial charge in [-0.05, 0) is 52.7 Å². The Kier molecular flexibility index (Phi) is 7.59. The average molecular weight is 538 g/mol. The Bertz CT molecular complexity index is 1340. The fourth-order valence-electron chi connectivity index (χ4n) is 5.94. The van der Waals surface area contributed by atoms with Crippen LogP contribution in [0, 0.1) is 12.8 Å². The SMILES string of the molecule is CCc1nc(C)c(/C=C/C2(c3ccccc3)CC2CO[Si](c2ccccc2)(c2ccccc2)C(C)(C)C)s1. The summed E-state index contributed by atoms with van der Waals surface area (Å²) in [6.07, 6.45) is 6.85. The molecule has 0 radical (unpaired) electrons. The topological polar surface area (TPSA) is 22.1 Å². The standard InChI is InChI=1S/C34H39NOSSi/c1-6-32-35-26(2)31(37-32)22-23-34(27-16-10-7-11-17-27)24-28(34)25-36-38(33(3,4)5,29-18-12-8-13-19-29)30-20-14-9-15-21-30/h7-23,28H,6,24-25H2,1-5H3/b23-22+. The molecule has 38 heavy (non-hydrogen) atoms. The Labute approximate surface area is 233 Å². The molecule has 2 nitrogen and oxygen atoms in total. The van der Waals surface area contributed by atoms with Gasteiger partial charge in [0.2, 0.25) is 0 Å². The van der Waals surface area contributed by atoms with Gasteiger partial charge in [-0.25, -0.2) is 4.98 Å². The summed E-state index contributed by atoms with van der Waals surface area (Å²) in [5, 5.41) is 3.87. The molecule has 0 saturated heterocycles. The number of rotatable bonds is 9. The molecule has 1 saturated carbocycles. The van der Waals surface area contributed by atoms with Crippen molar-refractivity contribution in [1.82, 2.24) is 4.98 Å². The van der Waals surface area contributed by atoms with E-state index in [1.807, 2.05) is 11.3 Å². The maximum atomic E-state index is 7.36. The van der Waals surface area contributed by atoms with Crippen molar-refractivity contribution < 1.29 is 4.43 Å². The maximum absolute atomic E-state index is 7.36. The number of nitrogens with zero attached hydrogens (tertiary/aromatic N) is 1. The molecule has 196 valence electrons. The van der Waals surface area contributed by atoms with E-state index in [0.29, 0.717) is 5.92 Å². The quantitative estimate of drug-likeness (QED) is 0.206. The molecule has 4 aromatic rings. The van der Waals surface area contributed by atoms with Crippen molar-refractivity contribution in [2.24, 2.45) is 5.92 Å². The first-order chi connectivity index (χ1) is 18.3. The van der Waals surface area contributed by atoms with E-state index in [1.54, 1.807) is 0 Å². The van der Waals surface area contributed by atoms with Crippen LogP contribution in [0.15, 0.2) is 97.1 Å². The zero-order valence-corrected chi connectivity index (χ0v) is 25.1. The summed E-state index contributed by atoms with van der Waals surface area (Å²) in [6.45, 7) is 12.1. The van der Waals surface area contributed by atoms with Crippen molar-refractivity contribution in [3.05, 3.63) is 118 Å². The van der Waals surface area contributed by atoms with Crippen LogP contribution in [0.1, 0.15) is 55.3 Å². The molecule has 3 aromatic carbocycles. The number of aryl methyl sites for hydroxylation is 2. The average Bonchev–Trinajstić information content (AvgIpc) is 3.53. The Balaban J connectivity index is 1.50. The Hall–Kier alpha value is -2.79.